The van der Waals surface area contributed by atoms with E-state index >= 15 is 0 Å². The molecule has 0 bridgehead atoms. The number of carbonyl (C=O) groups excluding carboxylic acids is 1. The zero-order chi connectivity index (χ0) is 20.1. The van der Waals surface area contributed by atoms with Crippen molar-refractivity contribution in [1.82, 2.24) is 9.88 Å². The fourth-order valence-electron chi connectivity index (χ4n) is 3.09. The van der Waals surface area contributed by atoms with E-state index in [1.54, 1.807) is 43.4 Å². The third kappa shape index (κ3) is 4.40. The van der Waals surface area contributed by atoms with Crippen LogP contribution in [0.4, 0.5) is 0 Å². The predicted molar refractivity (Wildman–Crippen MR) is 109 cm³/mol. The highest BCUT2D eigenvalue weighted by Crippen LogP contribution is 2.17. The molecule has 0 radical (unpaired) electrons. The van der Waals surface area contributed by atoms with E-state index in [4.69, 9.17) is 9.47 Å². The Labute approximate surface area is 163 Å². The van der Waals surface area contributed by atoms with Crippen molar-refractivity contribution < 1.29 is 14.3 Å². The van der Waals surface area contributed by atoms with Crippen molar-refractivity contribution in [2.24, 2.45) is 0 Å². The number of aryl methyl sites for hydroxylation is 1. The summed E-state index contributed by atoms with van der Waals surface area (Å²) in [5.74, 6) is 0.427. The highest BCUT2D eigenvalue weighted by atomic mass is 16.5. The molecule has 3 aromatic rings. The first-order chi connectivity index (χ1) is 13.5. The van der Waals surface area contributed by atoms with Crippen LogP contribution in [0.15, 0.2) is 53.3 Å². The van der Waals surface area contributed by atoms with E-state index in [9.17, 15) is 9.59 Å². The van der Waals surface area contributed by atoms with Gasteiger partial charge in [0.2, 0.25) is 0 Å². The summed E-state index contributed by atoms with van der Waals surface area (Å²) in [4.78, 5) is 30.1. The highest BCUT2D eigenvalue weighted by Gasteiger charge is 2.18. The second-order valence-electron chi connectivity index (χ2n) is 6.67. The Hall–Kier alpha value is -3.12. The van der Waals surface area contributed by atoms with Gasteiger partial charge in [0.25, 0.3) is 11.5 Å². The van der Waals surface area contributed by atoms with Crippen molar-refractivity contribution in [3.8, 4) is 5.75 Å². The number of benzene rings is 2. The van der Waals surface area contributed by atoms with Crippen molar-refractivity contribution in [2.45, 2.75) is 13.5 Å². The first-order valence-electron chi connectivity index (χ1n) is 9.06. The number of H-pyrrole nitrogens is 1. The molecule has 6 nitrogen and oxygen atoms in total. The summed E-state index contributed by atoms with van der Waals surface area (Å²) in [6.07, 6.45) is 0. The maximum Gasteiger partial charge on any atom is 0.254 e. The lowest BCUT2D eigenvalue weighted by atomic mass is 10.1. The van der Waals surface area contributed by atoms with Crippen LogP contribution in [-0.2, 0) is 11.3 Å². The lowest BCUT2D eigenvalue weighted by Gasteiger charge is -2.22. The van der Waals surface area contributed by atoms with Gasteiger partial charge in [0.1, 0.15) is 5.75 Å². The number of pyridine rings is 1. The van der Waals surface area contributed by atoms with E-state index in [1.165, 1.54) is 0 Å². The topological polar surface area (TPSA) is 71.6 Å². The predicted octanol–water partition coefficient (Wildman–Crippen LogP) is 3.13. The summed E-state index contributed by atoms with van der Waals surface area (Å²) < 4.78 is 10.4. The molecule has 0 aliphatic rings. The average molecular weight is 380 g/mol. The van der Waals surface area contributed by atoms with Crippen molar-refractivity contribution in [2.75, 3.05) is 27.4 Å². The van der Waals surface area contributed by atoms with Crippen LogP contribution in [0.5, 0.6) is 5.75 Å². The molecule has 1 amide bonds. The number of amides is 1. The summed E-state index contributed by atoms with van der Waals surface area (Å²) in [5, 5.41) is 0.940. The average Bonchev–Trinajstić information content (AvgIpc) is 2.71. The van der Waals surface area contributed by atoms with Gasteiger partial charge in [-0.25, -0.2) is 0 Å². The van der Waals surface area contributed by atoms with Crippen LogP contribution in [-0.4, -0.2) is 43.2 Å². The zero-order valence-corrected chi connectivity index (χ0v) is 16.3. The van der Waals surface area contributed by atoms with Crippen LogP contribution in [0.3, 0.4) is 0 Å². The molecule has 0 aliphatic carbocycles. The molecular weight excluding hydrogens is 356 g/mol. The molecule has 1 heterocycles. The van der Waals surface area contributed by atoms with Crippen LogP contribution in [0, 0.1) is 6.92 Å². The third-order valence-electron chi connectivity index (χ3n) is 4.61. The molecular formula is C22H24N2O4. The molecule has 1 N–H and O–H groups in total. The van der Waals surface area contributed by atoms with Gasteiger partial charge in [-0.3, -0.25) is 9.59 Å². The van der Waals surface area contributed by atoms with Crippen molar-refractivity contribution in [1.29, 1.82) is 0 Å². The van der Waals surface area contributed by atoms with E-state index in [0.29, 0.717) is 30.0 Å². The molecule has 1 aromatic heterocycles. The summed E-state index contributed by atoms with van der Waals surface area (Å²) in [7, 11) is 3.14. The van der Waals surface area contributed by atoms with Crippen molar-refractivity contribution in [3.63, 3.8) is 0 Å². The van der Waals surface area contributed by atoms with Crippen LogP contribution in [0.2, 0.25) is 0 Å². The lowest BCUT2D eigenvalue weighted by Crippen LogP contribution is -2.35. The largest absolute Gasteiger partial charge is 0.497 e. The van der Waals surface area contributed by atoms with Crippen LogP contribution < -0.4 is 10.3 Å². The normalized spacial score (nSPS) is 10.8. The maximum absolute atomic E-state index is 13.1. The Morgan fingerprint density at radius 2 is 1.93 bits per heavy atom. The number of hydrogen-bond acceptors (Lipinski definition) is 4. The van der Waals surface area contributed by atoms with E-state index in [2.05, 4.69) is 4.98 Å². The first-order valence-corrected chi connectivity index (χ1v) is 9.06. The molecule has 28 heavy (non-hydrogen) atoms. The number of aromatic amines is 1. The summed E-state index contributed by atoms with van der Waals surface area (Å²) in [6, 6.07) is 14.7. The molecule has 3 rings (SSSR count). The molecule has 0 unspecified atom stereocenters. The summed E-state index contributed by atoms with van der Waals surface area (Å²) in [6.45, 7) is 2.94. The van der Waals surface area contributed by atoms with Crippen molar-refractivity contribution in [3.05, 3.63) is 75.6 Å². The minimum absolute atomic E-state index is 0.181. The van der Waals surface area contributed by atoms with Crippen molar-refractivity contribution >= 4 is 16.8 Å². The van der Waals surface area contributed by atoms with Crippen LogP contribution in [0.1, 0.15) is 21.5 Å². The number of rotatable bonds is 7. The molecule has 0 fully saturated rings. The fraction of sp³-hybridized carbons (Fsp3) is 0.273. The lowest BCUT2D eigenvalue weighted by molar-refractivity contribution is 0.0679. The number of carbonyl (C=O) groups is 1. The Kier molecular flexibility index (Phi) is 6.11. The summed E-state index contributed by atoms with van der Waals surface area (Å²) >= 11 is 0. The van der Waals surface area contributed by atoms with Crippen LogP contribution in [0.25, 0.3) is 10.9 Å². The smallest absolute Gasteiger partial charge is 0.254 e. The van der Waals surface area contributed by atoms with E-state index in [-0.39, 0.29) is 18.0 Å². The highest BCUT2D eigenvalue weighted by molar-refractivity contribution is 5.94. The minimum atomic E-state index is -0.197. The van der Waals surface area contributed by atoms with E-state index < -0.39 is 0 Å². The Bertz CT molecular complexity index is 1040. The van der Waals surface area contributed by atoms with E-state index in [0.717, 1.165) is 16.5 Å². The molecule has 0 saturated carbocycles. The Morgan fingerprint density at radius 1 is 1.11 bits per heavy atom. The van der Waals surface area contributed by atoms with Gasteiger partial charge in [-0.15, -0.1) is 0 Å². The number of fused-ring (bicyclic) bond motifs is 1. The Balaban J connectivity index is 1.94. The second kappa shape index (κ2) is 8.71. The van der Waals surface area contributed by atoms with E-state index in [1.807, 2.05) is 31.2 Å². The van der Waals surface area contributed by atoms with Gasteiger partial charge in [-0.1, -0.05) is 17.7 Å². The van der Waals surface area contributed by atoms with Crippen LogP contribution >= 0.6 is 0 Å². The monoisotopic (exact) mass is 380 g/mol. The SMILES string of the molecule is COCCN(Cc1cc2cc(C)ccc2[nH]c1=O)C(=O)c1cccc(OC)c1. The van der Waals surface area contributed by atoms with Gasteiger partial charge >= 0.3 is 0 Å². The quantitative estimate of drug-likeness (QED) is 0.684. The number of nitrogens with one attached hydrogen (secondary N) is 1. The molecule has 0 aliphatic heterocycles. The molecule has 0 spiro atoms. The van der Waals surface area contributed by atoms with Gasteiger partial charge in [-0.2, -0.15) is 0 Å². The minimum Gasteiger partial charge on any atom is -0.497 e. The number of ether oxygens (including phenoxy) is 2. The second-order valence-corrected chi connectivity index (χ2v) is 6.67. The van der Waals surface area contributed by atoms with Gasteiger partial charge in [0.15, 0.2) is 0 Å². The van der Waals surface area contributed by atoms with Gasteiger partial charge in [-0.05, 0) is 48.7 Å². The number of nitrogens with zero attached hydrogens (tertiary/aromatic N) is 1. The number of hydrogen-bond donors (Lipinski definition) is 1. The van der Waals surface area contributed by atoms with Gasteiger partial charge in [0, 0.05) is 30.3 Å². The first kappa shape index (κ1) is 19.6. The maximum atomic E-state index is 13.1. The molecule has 6 heteroatoms. The molecule has 146 valence electrons. The molecule has 0 saturated heterocycles. The summed E-state index contributed by atoms with van der Waals surface area (Å²) in [5.41, 5.74) is 2.72. The van der Waals surface area contributed by atoms with Gasteiger partial charge in [0.05, 0.1) is 20.3 Å². The Morgan fingerprint density at radius 3 is 2.68 bits per heavy atom. The molecule has 2 aromatic carbocycles. The zero-order valence-electron chi connectivity index (χ0n) is 16.3. The standard InChI is InChI=1S/C22H24N2O4/c1-15-7-8-20-17(11-15)12-18(21(25)23-20)14-24(9-10-27-2)22(26)16-5-4-6-19(13-16)28-3/h4-8,11-13H,9-10,14H2,1-3H3,(H,23,25). The third-order valence-corrected chi connectivity index (χ3v) is 4.61. The fourth-order valence-corrected chi connectivity index (χ4v) is 3.09. The number of methoxy groups -OCH3 is 2. The molecule has 0 atom stereocenters. The van der Waals surface area contributed by atoms with Gasteiger partial charge < -0.3 is 19.4 Å². The number of aromatic nitrogens is 1.